The number of aromatic amines is 1. The van der Waals surface area contributed by atoms with E-state index in [1.807, 2.05) is 73.0 Å². The normalized spacial score (nSPS) is 13.3. The highest BCUT2D eigenvalue weighted by molar-refractivity contribution is 5.92. The molecule has 64 heavy (non-hydrogen) atoms. The average Bonchev–Trinajstić information content (AvgIpc) is 3.94. The number of nitrogens with one attached hydrogen (secondary N) is 2. The lowest BCUT2D eigenvalue weighted by molar-refractivity contribution is -0.116. The number of hydrogen-bond acceptors (Lipinski definition) is 15. The second-order valence-corrected chi connectivity index (χ2v) is 16.0. The van der Waals surface area contributed by atoms with Crippen LogP contribution in [-0.2, 0) is 4.79 Å². The third-order valence-electron chi connectivity index (χ3n) is 9.35. The minimum Gasteiger partial charge on any atom is -0.384 e. The van der Waals surface area contributed by atoms with Gasteiger partial charge in [-0.05, 0) is 96.1 Å². The van der Waals surface area contributed by atoms with Gasteiger partial charge in [-0.3, -0.25) is 9.59 Å². The fourth-order valence-electron chi connectivity index (χ4n) is 6.16. The van der Waals surface area contributed by atoms with Crippen molar-refractivity contribution in [3.05, 3.63) is 102 Å². The summed E-state index contributed by atoms with van der Waals surface area (Å²) in [5.41, 5.74) is 16.3. The molecule has 2 aliphatic rings. The molecule has 1 amide bonds. The zero-order chi connectivity index (χ0) is 46.9. The van der Waals surface area contributed by atoms with Crippen LogP contribution < -0.4 is 22.3 Å². The zero-order valence-electron chi connectivity index (χ0n) is 38.7. The van der Waals surface area contributed by atoms with Crippen molar-refractivity contribution in [3.8, 4) is 0 Å². The van der Waals surface area contributed by atoms with Gasteiger partial charge in [-0.2, -0.15) is 0 Å². The van der Waals surface area contributed by atoms with Crippen molar-refractivity contribution in [1.29, 1.82) is 0 Å². The summed E-state index contributed by atoms with van der Waals surface area (Å²) in [4.78, 5) is 66.2. The van der Waals surface area contributed by atoms with Gasteiger partial charge >= 0.3 is 0 Å². The molecule has 0 bridgehead atoms. The van der Waals surface area contributed by atoms with Gasteiger partial charge in [-0.1, -0.05) is 20.6 Å². The molecule has 0 saturated heterocycles. The predicted octanol–water partition coefficient (Wildman–Crippen LogP) is 6.52. The van der Waals surface area contributed by atoms with E-state index < -0.39 is 0 Å². The van der Waals surface area contributed by atoms with Crippen LogP contribution in [0.15, 0.2) is 84.4 Å². The number of nitrogen functional groups attached to an aromatic ring is 1. The standard InChI is InChI=1S/C10H14N4.C9H12N4O.C8H11N5.C8H13N3.C8H12N2O.CH4/c1-6(2)14-5-11-9-7(3)12-8(4)13-10(9)14;1-5(2)13-4-10-7-8(13)11-6(3)12-9(7)14;1-5(2)13-4-12-6-7(9)10-3-11-8(6)13;1-6(2)11-5-4-8(9)10-7(11)3;1-6(2)10-5-4-8(11)9-7(10)3;/h5-6H,1-4H3;4-5H,1-3H3,(H,11,12,14);3-5H,1-2H3,(H2,9,10,11);4-6H,3H2,1-2H3,(H2,9,10);4-6H,3H2,1-2H3,(H,9,11);1H4. The second kappa shape index (κ2) is 22.2. The molecular formula is C44H66N18O2. The highest BCUT2D eigenvalue weighted by Crippen LogP contribution is 2.19. The molecule has 6 aromatic heterocycles. The van der Waals surface area contributed by atoms with E-state index in [1.54, 1.807) is 31.9 Å². The third-order valence-corrected chi connectivity index (χ3v) is 9.35. The number of amides is 1. The Morgan fingerprint density at radius 3 is 1.66 bits per heavy atom. The number of hydrogen-bond donors (Lipinski definition) is 4. The first-order valence-electron chi connectivity index (χ1n) is 20.6. The lowest BCUT2D eigenvalue weighted by Crippen LogP contribution is -2.38. The van der Waals surface area contributed by atoms with Crippen molar-refractivity contribution in [2.75, 3.05) is 5.73 Å². The quantitative estimate of drug-likeness (QED) is 0.144. The van der Waals surface area contributed by atoms with Gasteiger partial charge in [-0.15, -0.1) is 0 Å². The number of carbonyl (C=O) groups excluding carboxylic acids is 1. The monoisotopic (exact) mass is 879 g/mol. The van der Waals surface area contributed by atoms with Gasteiger partial charge < -0.3 is 45.3 Å². The van der Waals surface area contributed by atoms with Crippen LogP contribution in [0.5, 0.6) is 0 Å². The first-order valence-corrected chi connectivity index (χ1v) is 20.6. The molecule has 8 heterocycles. The Morgan fingerprint density at radius 1 is 0.609 bits per heavy atom. The number of rotatable bonds is 5. The van der Waals surface area contributed by atoms with E-state index in [0.29, 0.717) is 70.0 Å². The number of nitrogens with zero attached hydrogens (tertiary/aromatic N) is 14. The lowest BCUT2D eigenvalue weighted by Gasteiger charge is -2.29. The summed E-state index contributed by atoms with van der Waals surface area (Å²) in [7, 11) is 0. The number of imidazole rings is 3. The van der Waals surface area contributed by atoms with Gasteiger partial charge in [0.05, 0.1) is 24.7 Å². The molecule has 0 saturated carbocycles. The number of H-pyrrole nitrogens is 1. The van der Waals surface area contributed by atoms with Gasteiger partial charge in [0.25, 0.3) is 11.5 Å². The molecular weight excluding hydrogens is 813 g/mol. The van der Waals surface area contributed by atoms with Crippen LogP contribution in [0.4, 0.5) is 5.82 Å². The fourth-order valence-corrected chi connectivity index (χ4v) is 6.16. The second-order valence-electron chi connectivity index (χ2n) is 16.0. The smallest absolute Gasteiger partial charge is 0.279 e. The summed E-state index contributed by atoms with van der Waals surface area (Å²) in [5.74, 6) is 3.62. The average molecular weight is 879 g/mol. The van der Waals surface area contributed by atoms with Crippen LogP contribution in [0.1, 0.15) is 112 Å². The van der Waals surface area contributed by atoms with Crippen LogP contribution in [0.25, 0.3) is 33.5 Å². The van der Waals surface area contributed by atoms with E-state index in [0.717, 1.165) is 28.3 Å². The summed E-state index contributed by atoms with van der Waals surface area (Å²) in [6.07, 6.45) is 13.6. The molecule has 0 aliphatic carbocycles. The maximum Gasteiger partial charge on any atom is 0.279 e. The Hall–Kier alpha value is -7.25. The minimum atomic E-state index is -0.174. The van der Waals surface area contributed by atoms with E-state index in [2.05, 4.69) is 114 Å². The molecule has 20 nitrogen and oxygen atoms in total. The highest BCUT2D eigenvalue weighted by Gasteiger charge is 2.15. The summed E-state index contributed by atoms with van der Waals surface area (Å²) in [6, 6.07) is 1.69. The van der Waals surface area contributed by atoms with E-state index in [1.165, 1.54) is 12.4 Å². The van der Waals surface area contributed by atoms with Gasteiger partial charge in [0.1, 0.15) is 46.5 Å². The predicted molar refractivity (Wildman–Crippen MR) is 256 cm³/mol. The van der Waals surface area contributed by atoms with Gasteiger partial charge in [0, 0.05) is 48.7 Å². The zero-order valence-corrected chi connectivity index (χ0v) is 38.7. The van der Waals surface area contributed by atoms with E-state index in [9.17, 15) is 9.59 Å². The van der Waals surface area contributed by atoms with Crippen LogP contribution in [0.3, 0.4) is 0 Å². The maximum atomic E-state index is 11.5. The van der Waals surface area contributed by atoms with Crippen LogP contribution in [-0.4, -0.2) is 92.2 Å². The topological polar surface area (TPSA) is 251 Å². The van der Waals surface area contributed by atoms with Crippen LogP contribution in [0.2, 0.25) is 0 Å². The SMILES string of the molecule is C.C=C1N=C(N)C=CN1C(C)C.C=C1NC(=O)C=CN1C(C)C.CC(C)n1cnc2c(N)ncnc21.Cc1nc(C)c2ncn(C(C)C)c2n1.Cc1nc2c(ncn2C(C)C)c(=O)[nH]1. The molecule has 0 spiro atoms. The summed E-state index contributed by atoms with van der Waals surface area (Å²) < 4.78 is 5.92. The molecule has 0 radical (unpaired) electrons. The van der Waals surface area contributed by atoms with Crippen molar-refractivity contribution in [3.63, 3.8) is 0 Å². The summed E-state index contributed by atoms with van der Waals surface area (Å²) in [6.45, 7) is 33.8. The molecule has 20 heteroatoms. The van der Waals surface area contributed by atoms with Crippen LogP contribution >= 0.6 is 0 Å². The molecule has 0 aromatic carbocycles. The van der Waals surface area contributed by atoms with E-state index in [-0.39, 0.29) is 24.9 Å². The number of aryl methyl sites for hydroxylation is 3. The number of anilines is 1. The molecule has 0 atom stereocenters. The first kappa shape index (κ1) is 51.1. The number of aliphatic imine (C=N–C) groups is 1. The van der Waals surface area contributed by atoms with Crippen molar-refractivity contribution < 1.29 is 4.79 Å². The Labute approximate surface area is 375 Å². The molecule has 344 valence electrons. The number of nitrogens with two attached hydrogens (primary N) is 2. The van der Waals surface area contributed by atoms with Gasteiger partial charge in [0.15, 0.2) is 28.3 Å². The molecule has 0 fully saturated rings. The van der Waals surface area contributed by atoms with Crippen molar-refractivity contribution in [2.45, 2.75) is 128 Å². The Kier molecular flexibility index (Phi) is 17.7. The maximum absolute atomic E-state index is 11.5. The molecule has 2 aliphatic heterocycles. The number of fused-ring (bicyclic) bond motifs is 3. The van der Waals surface area contributed by atoms with Crippen LogP contribution in [0, 0.1) is 20.8 Å². The fraction of sp³-hybridized carbons (Fsp3) is 0.432. The minimum absolute atomic E-state index is 0. The largest absolute Gasteiger partial charge is 0.384 e. The Morgan fingerprint density at radius 2 is 1.12 bits per heavy atom. The van der Waals surface area contributed by atoms with Gasteiger partial charge in [-0.25, -0.2) is 44.9 Å². The van der Waals surface area contributed by atoms with Crippen molar-refractivity contribution in [2.24, 2.45) is 10.7 Å². The summed E-state index contributed by atoms with van der Waals surface area (Å²) in [5, 5.41) is 2.62. The molecule has 6 aromatic rings. The highest BCUT2D eigenvalue weighted by atomic mass is 16.1. The third kappa shape index (κ3) is 12.7. The number of amidine groups is 1. The van der Waals surface area contributed by atoms with Crippen molar-refractivity contribution >= 4 is 51.1 Å². The summed E-state index contributed by atoms with van der Waals surface area (Å²) >= 11 is 0. The van der Waals surface area contributed by atoms with E-state index in [4.69, 9.17) is 11.5 Å². The Balaban J connectivity index is 0.000000213. The van der Waals surface area contributed by atoms with Gasteiger partial charge in [0.2, 0.25) is 0 Å². The lowest BCUT2D eigenvalue weighted by atomic mass is 10.3. The molecule has 6 N–H and O–H groups in total. The van der Waals surface area contributed by atoms with Crippen molar-refractivity contribution in [1.82, 2.24) is 73.7 Å². The Bertz CT molecular complexity index is 2710. The number of carbonyl (C=O) groups is 1. The molecule has 8 rings (SSSR count). The first-order chi connectivity index (χ1) is 29.6. The molecule has 0 unspecified atom stereocenters. The van der Waals surface area contributed by atoms with E-state index >= 15 is 0 Å². The number of aromatic nitrogens is 12.